The summed E-state index contributed by atoms with van der Waals surface area (Å²) in [6, 6.07) is -0.663. The lowest BCUT2D eigenvalue weighted by atomic mass is 10.0. The molecular formula is C71H117NO3. The molecule has 0 aliphatic heterocycles. The summed E-state index contributed by atoms with van der Waals surface area (Å²) in [6.07, 6.45) is 103. The van der Waals surface area contributed by atoms with Crippen LogP contribution in [0.2, 0.25) is 0 Å². The molecule has 0 aromatic heterocycles. The first kappa shape index (κ1) is 71.0. The molecule has 0 radical (unpaired) electrons. The molecule has 424 valence electrons. The van der Waals surface area contributed by atoms with Gasteiger partial charge in [-0.2, -0.15) is 0 Å². The first-order chi connectivity index (χ1) is 37.2. The van der Waals surface area contributed by atoms with E-state index in [4.69, 9.17) is 0 Å². The number of unbranched alkanes of at least 4 members (excludes halogenated alkanes) is 24. The third kappa shape index (κ3) is 60.7. The summed E-state index contributed by atoms with van der Waals surface area (Å²) >= 11 is 0. The second-order valence-electron chi connectivity index (χ2n) is 20.4. The molecule has 0 fully saturated rings. The van der Waals surface area contributed by atoms with E-state index in [1.165, 1.54) is 128 Å². The summed E-state index contributed by atoms with van der Waals surface area (Å²) in [6.45, 7) is 4.18. The Morgan fingerprint density at radius 2 is 0.600 bits per heavy atom. The van der Waals surface area contributed by atoms with E-state index in [-0.39, 0.29) is 12.5 Å². The van der Waals surface area contributed by atoms with Crippen molar-refractivity contribution < 1.29 is 15.0 Å². The van der Waals surface area contributed by atoms with Crippen LogP contribution in [0.15, 0.2) is 158 Å². The first-order valence-corrected chi connectivity index (χ1v) is 31.2. The molecule has 0 aliphatic rings. The van der Waals surface area contributed by atoms with E-state index in [2.05, 4.69) is 165 Å². The number of carbonyl (C=O) groups excluding carboxylic acids is 1. The van der Waals surface area contributed by atoms with Crippen LogP contribution in [0.4, 0.5) is 0 Å². The molecule has 1 amide bonds. The van der Waals surface area contributed by atoms with Crippen LogP contribution >= 0.6 is 0 Å². The van der Waals surface area contributed by atoms with Crippen LogP contribution in [0, 0.1) is 0 Å². The molecule has 0 rings (SSSR count). The van der Waals surface area contributed by atoms with E-state index in [1.807, 2.05) is 6.08 Å². The highest BCUT2D eigenvalue weighted by Crippen LogP contribution is 2.15. The summed E-state index contributed by atoms with van der Waals surface area (Å²) in [4.78, 5) is 12.5. The average molecular weight is 1030 g/mol. The van der Waals surface area contributed by atoms with Gasteiger partial charge in [0.05, 0.1) is 18.8 Å². The molecule has 0 bridgehead atoms. The second kappa shape index (κ2) is 64.3. The summed E-state index contributed by atoms with van der Waals surface area (Å²) in [7, 11) is 0. The Balaban J connectivity index is 3.67. The fourth-order valence-electron chi connectivity index (χ4n) is 8.53. The molecule has 0 aliphatic carbocycles. The van der Waals surface area contributed by atoms with Gasteiger partial charge in [0.25, 0.3) is 0 Å². The summed E-state index contributed by atoms with van der Waals surface area (Å²) < 4.78 is 0. The molecule has 0 heterocycles. The maximum Gasteiger partial charge on any atom is 0.220 e. The highest BCUT2D eigenvalue weighted by atomic mass is 16.3. The van der Waals surface area contributed by atoms with Crippen molar-refractivity contribution in [3.05, 3.63) is 158 Å². The molecule has 2 atom stereocenters. The van der Waals surface area contributed by atoms with E-state index in [0.29, 0.717) is 6.42 Å². The maximum absolute atomic E-state index is 12.5. The van der Waals surface area contributed by atoms with Crippen LogP contribution in [0.5, 0.6) is 0 Å². The lowest BCUT2D eigenvalue weighted by Crippen LogP contribution is -2.45. The van der Waals surface area contributed by atoms with Crippen LogP contribution in [0.3, 0.4) is 0 Å². The van der Waals surface area contributed by atoms with Crippen molar-refractivity contribution in [2.24, 2.45) is 0 Å². The fourth-order valence-corrected chi connectivity index (χ4v) is 8.53. The highest BCUT2D eigenvalue weighted by molar-refractivity contribution is 5.76. The summed E-state index contributed by atoms with van der Waals surface area (Å²) in [5, 5.41) is 23.2. The molecule has 0 saturated heterocycles. The minimum atomic E-state index is -0.886. The zero-order valence-electron chi connectivity index (χ0n) is 48.8. The summed E-state index contributed by atoms with van der Waals surface area (Å²) in [5.41, 5.74) is 0. The van der Waals surface area contributed by atoms with Gasteiger partial charge in [0.2, 0.25) is 5.91 Å². The smallest absolute Gasteiger partial charge is 0.220 e. The average Bonchev–Trinajstić information content (AvgIpc) is 3.41. The van der Waals surface area contributed by atoms with Gasteiger partial charge in [0.15, 0.2) is 0 Å². The van der Waals surface area contributed by atoms with Gasteiger partial charge in [0.1, 0.15) is 0 Å². The molecule has 2 unspecified atom stereocenters. The molecule has 4 nitrogen and oxygen atoms in total. The van der Waals surface area contributed by atoms with E-state index in [9.17, 15) is 15.0 Å². The van der Waals surface area contributed by atoms with E-state index < -0.39 is 12.1 Å². The second-order valence-corrected chi connectivity index (χ2v) is 20.4. The lowest BCUT2D eigenvalue weighted by molar-refractivity contribution is -0.123. The number of hydrogen-bond donors (Lipinski definition) is 3. The Bertz CT molecular complexity index is 1590. The molecule has 0 spiro atoms. The van der Waals surface area contributed by atoms with Crippen LogP contribution < -0.4 is 5.32 Å². The number of amides is 1. The monoisotopic (exact) mass is 1030 g/mol. The number of allylic oxidation sites excluding steroid dienone is 25. The highest BCUT2D eigenvalue weighted by Gasteiger charge is 2.18. The lowest BCUT2D eigenvalue weighted by Gasteiger charge is -2.19. The first-order valence-electron chi connectivity index (χ1n) is 31.2. The predicted octanol–water partition coefficient (Wildman–Crippen LogP) is 21.3. The fraction of sp³-hybridized carbons (Fsp3) is 0.620. The van der Waals surface area contributed by atoms with Crippen molar-refractivity contribution in [1.29, 1.82) is 0 Å². The number of rotatable bonds is 55. The number of nitrogens with one attached hydrogen (secondary N) is 1. The van der Waals surface area contributed by atoms with Gasteiger partial charge >= 0.3 is 0 Å². The SMILES string of the molecule is CC/C=C\C/C=C\C/C=C\C/C=C\C/C=C\C/C=C\C/C=C\C/C=C\C/C=C\C/C=C\CCCCCCCCCCC(=O)NC(CO)C(O)/C=C/CC/C=C/CC/C=C/CCCCCCCCCCCCCCCC. The Morgan fingerprint density at radius 1 is 0.333 bits per heavy atom. The van der Waals surface area contributed by atoms with Crippen molar-refractivity contribution in [2.45, 2.75) is 276 Å². The van der Waals surface area contributed by atoms with Gasteiger partial charge in [-0.15, -0.1) is 0 Å². The Labute approximate surface area is 465 Å². The number of aliphatic hydroxyl groups is 2. The van der Waals surface area contributed by atoms with Gasteiger partial charge in [-0.05, 0) is 122 Å². The summed E-state index contributed by atoms with van der Waals surface area (Å²) in [5.74, 6) is -0.0919. The third-order valence-corrected chi connectivity index (χ3v) is 13.2. The van der Waals surface area contributed by atoms with E-state index in [1.54, 1.807) is 6.08 Å². The predicted molar refractivity (Wildman–Crippen MR) is 335 cm³/mol. The van der Waals surface area contributed by atoms with E-state index in [0.717, 1.165) is 116 Å². The standard InChI is InChI=1S/C71H117NO3/c1-3-5-7-9-11-13-15-17-19-21-23-25-27-29-30-31-32-33-34-35-36-37-38-39-40-41-42-43-45-47-49-51-53-55-57-59-61-63-65-67-71(75)72-69(68-73)70(74)66-64-62-60-58-56-54-52-50-48-46-44-28-26-24-22-20-18-16-14-12-10-8-6-4-2/h5,7,11,13,17,19,23,25,29-30,32-33,35-36,38-39,41-42,45,47-48,50,56,58,64,66,69-70,73-74H,3-4,6,8-10,12,14-16,18,20-22,24,26-28,31,34,37,40,43-44,46,49,51-55,57,59-63,65,67-68H2,1-2H3,(H,72,75)/b7-5-,13-11-,19-17-,25-23-,30-29-,33-32-,36-35-,39-38-,42-41-,47-45-,50-48+,58-56+,66-64+. The van der Waals surface area contributed by atoms with Crippen LogP contribution in [-0.4, -0.2) is 34.9 Å². The third-order valence-electron chi connectivity index (χ3n) is 13.2. The van der Waals surface area contributed by atoms with Crippen molar-refractivity contribution >= 4 is 5.91 Å². The van der Waals surface area contributed by atoms with Crippen molar-refractivity contribution in [2.75, 3.05) is 6.61 Å². The van der Waals surface area contributed by atoms with Gasteiger partial charge in [-0.1, -0.05) is 294 Å². The van der Waals surface area contributed by atoms with Gasteiger partial charge in [-0.3, -0.25) is 4.79 Å². The minimum absolute atomic E-state index is 0.0919. The Hall–Kier alpha value is -3.99. The normalized spacial score (nSPS) is 13.9. The molecule has 4 heteroatoms. The van der Waals surface area contributed by atoms with Crippen molar-refractivity contribution in [1.82, 2.24) is 5.32 Å². The van der Waals surface area contributed by atoms with Crippen LogP contribution in [-0.2, 0) is 4.79 Å². The molecule has 75 heavy (non-hydrogen) atoms. The molecule has 0 saturated carbocycles. The largest absolute Gasteiger partial charge is 0.394 e. The zero-order chi connectivity index (χ0) is 54.1. The van der Waals surface area contributed by atoms with Gasteiger partial charge in [0, 0.05) is 6.42 Å². The number of hydrogen-bond acceptors (Lipinski definition) is 3. The quantitative estimate of drug-likeness (QED) is 0.0420. The van der Waals surface area contributed by atoms with Gasteiger partial charge < -0.3 is 15.5 Å². The van der Waals surface area contributed by atoms with Crippen LogP contribution in [0.25, 0.3) is 0 Å². The topological polar surface area (TPSA) is 69.6 Å². The number of aliphatic hydroxyl groups excluding tert-OH is 2. The molecular weight excluding hydrogens is 915 g/mol. The van der Waals surface area contributed by atoms with Crippen molar-refractivity contribution in [3.8, 4) is 0 Å². The molecule has 0 aromatic rings. The number of carbonyl (C=O) groups is 1. The van der Waals surface area contributed by atoms with Crippen molar-refractivity contribution in [3.63, 3.8) is 0 Å². The van der Waals surface area contributed by atoms with Crippen LogP contribution in [0.1, 0.15) is 264 Å². The van der Waals surface area contributed by atoms with E-state index >= 15 is 0 Å². The Morgan fingerprint density at radius 3 is 0.933 bits per heavy atom. The molecule has 3 N–H and O–H groups in total. The maximum atomic E-state index is 12.5. The zero-order valence-corrected chi connectivity index (χ0v) is 48.8. The Kier molecular flexibility index (Phi) is 60.9. The molecule has 0 aromatic carbocycles. The van der Waals surface area contributed by atoms with Gasteiger partial charge in [-0.25, -0.2) is 0 Å². The minimum Gasteiger partial charge on any atom is -0.394 e.